The van der Waals surface area contributed by atoms with Gasteiger partial charge in [0.05, 0.1) is 49.6 Å². The first-order chi connectivity index (χ1) is 29.0. The number of benzene rings is 3. The molecule has 3 aromatic carbocycles. The van der Waals surface area contributed by atoms with Crippen LogP contribution in [0.3, 0.4) is 0 Å². The molecule has 0 aliphatic carbocycles. The van der Waals surface area contributed by atoms with Gasteiger partial charge in [0, 0.05) is 73.5 Å². The monoisotopic (exact) mass is 873 g/mol. The van der Waals surface area contributed by atoms with Crippen molar-refractivity contribution < 1.29 is 31.1 Å². The zero-order valence-electron chi connectivity index (χ0n) is 34.7. The van der Waals surface area contributed by atoms with E-state index < -0.39 is 43.0 Å². The molecule has 3 aromatic heterocycles. The third-order valence-electron chi connectivity index (χ3n) is 8.84. The fourth-order valence-corrected chi connectivity index (χ4v) is 10.1. The van der Waals surface area contributed by atoms with E-state index in [9.17, 15) is 21.6 Å². The van der Waals surface area contributed by atoms with E-state index in [1.807, 2.05) is 38.1 Å². The number of halogens is 3. The zero-order chi connectivity index (χ0) is 43.9. The van der Waals surface area contributed by atoms with Crippen LogP contribution in [0.15, 0.2) is 100.0 Å². The van der Waals surface area contributed by atoms with Gasteiger partial charge in [0.1, 0.15) is 46.4 Å². The van der Waals surface area contributed by atoms with Crippen molar-refractivity contribution in [3.8, 4) is 34.0 Å². The lowest BCUT2D eigenvalue weighted by Gasteiger charge is -2.14. The van der Waals surface area contributed by atoms with Gasteiger partial charge < -0.3 is 20.1 Å². The predicted octanol–water partition coefficient (Wildman–Crippen LogP) is 9.15. The molecule has 320 valence electrons. The molecule has 0 radical (unpaired) electrons. The van der Waals surface area contributed by atoms with Crippen molar-refractivity contribution in [3.05, 3.63) is 126 Å². The number of methoxy groups -OCH3 is 2. The standard InChI is InChI=1S/C43H46F3N9O4S2/c1-26(2)54-60(6,56)24-28-9-8-10-32(18-28)49-43-52-41(51-42(53-43)34-14-12-31(45)21-38(34)59-5)17-27(3)55-61(7,57)25-29-15-16-47-39(19-29)50-40-22-35(36(46)23-48-40)33-13-11-30(44)20-37(33)58-4/h8-16,18-23,26-27H,17,24-25H2,1-7H3,(H,47,48,50)(H,49,51,52,53). The first kappa shape index (κ1) is 44.4. The Hall–Kier alpha value is -6.14. The van der Waals surface area contributed by atoms with Gasteiger partial charge in [-0.2, -0.15) is 9.97 Å². The van der Waals surface area contributed by atoms with Crippen molar-refractivity contribution in [1.29, 1.82) is 0 Å². The van der Waals surface area contributed by atoms with E-state index in [0.717, 1.165) is 11.8 Å². The Balaban J connectivity index is 1.23. The van der Waals surface area contributed by atoms with E-state index in [1.165, 1.54) is 56.7 Å². The molecule has 18 heteroatoms. The number of rotatable bonds is 16. The smallest absolute Gasteiger partial charge is 0.231 e. The summed E-state index contributed by atoms with van der Waals surface area (Å²) in [6, 6.07) is 19.5. The second kappa shape index (κ2) is 19.1. The van der Waals surface area contributed by atoms with Crippen molar-refractivity contribution in [2.45, 2.75) is 50.8 Å². The molecule has 0 aliphatic rings. The Kier molecular flexibility index (Phi) is 13.9. The average Bonchev–Trinajstić information content (AvgIpc) is 3.17. The molecule has 2 N–H and O–H groups in total. The van der Waals surface area contributed by atoms with Crippen LogP contribution in [0.4, 0.5) is 36.4 Å². The van der Waals surface area contributed by atoms with Gasteiger partial charge in [-0.25, -0.2) is 45.3 Å². The van der Waals surface area contributed by atoms with Gasteiger partial charge in [0.2, 0.25) is 5.95 Å². The number of nitrogens with zero attached hydrogens (tertiary/aromatic N) is 7. The normalized spacial score (nSPS) is 13.8. The summed E-state index contributed by atoms with van der Waals surface area (Å²) >= 11 is 0. The zero-order valence-corrected chi connectivity index (χ0v) is 36.3. The fourth-order valence-electron chi connectivity index (χ4n) is 6.59. The molecule has 0 aliphatic heterocycles. The fraction of sp³-hybridized carbons (Fsp3) is 0.279. The summed E-state index contributed by atoms with van der Waals surface area (Å²) in [6.45, 7) is 5.58. The van der Waals surface area contributed by atoms with Gasteiger partial charge >= 0.3 is 0 Å². The van der Waals surface area contributed by atoms with E-state index in [-0.39, 0.29) is 58.6 Å². The van der Waals surface area contributed by atoms with Crippen LogP contribution in [0.25, 0.3) is 22.5 Å². The predicted molar refractivity (Wildman–Crippen MR) is 234 cm³/mol. The van der Waals surface area contributed by atoms with Gasteiger partial charge in [0.25, 0.3) is 0 Å². The summed E-state index contributed by atoms with van der Waals surface area (Å²) < 4.78 is 89.9. The second-order valence-corrected chi connectivity index (χ2v) is 19.5. The van der Waals surface area contributed by atoms with Crippen molar-refractivity contribution in [3.63, 3.8) is 0 Å². The van der Waals surface area contributed by atoms with Crippen LogP contribution in [0, 0.1) is 17.5 Å². The summed E-state index contributed by atoms with van der Waals surface area (Å²) in [5.41, 5.74) is 3.03. The van der Waals surface area contributed by atoms with Crippen molar-refractivity contribution in [1.82, 2.24) is 24.9 Å². The summed E-state index contributed by atoms with van der Waals surface area (Å²) in [6.07, 6.45) is 5.97. The Labute approximate surface area is 354 Å². The van der Waals surface area contributed by atoms with Crippen LogP contribution in [-0.4, -0.2) is 72.2 Å². The van der Waals surface area contributed by atoms with Crippen LogP contribution < -0.4 is 20.1 Å². The van der Waals surface area contributed by atoms with Crippen molar-refractivity contribution in [2.24, 2.45) is 8.73 Å². The molecule has 3 atom stereocenters. The van der Waals surface area contributed by atoms with E-state index >= 15 is 0 Å². The molecule has 0 bridgehead atoms. The molecular formula is C43H46F3N9O4S2. The molecule has 6 rings (SSSR count). The minimum atomic E-state index is -2.84. The third-order valence-corrected chi connectivity index (χ3v) is 12.3. The lowest BCUT2D eigenvalue weighted by atomic mass is 10.0. The first-order valence-corrected chi connectivity index (χ1v) is 23.2. The molecule has 0 spiro atoms. The number of ether oxygens (including phenoxy) is 2. The highest BCUT2D eigenvalue weighted by Crippen LogP contribution is 2.34. The number of nitrogens with one attached hydrogen (secondary N) is 2. The molecular weight excluding hydrogens is 828 g/mol. The van der Waals surface area contributed by atoms with Gasteiger partial charge in [0.15, 0.2) is 5.82 Å². The number of aromatic nitrogens is 5. The molecule has 0 fully saturated rings. The molecule has 0 saturated carbocycles. The lowest BCUT2D eigenvalue weighted by molar-refractivity contribution is 0.412. The maximum atomic E-state index is 14.9. The Morgan fingerprint density at radius 1 is 0.689 bits per heavy atom. The minimum absolute atomic E-state index is 0.0748. The molecule has 0 amide bonds. The Morgan fingerprint density at radius 2 is 1.33 bits per heavy atom. The summed E-state index contributed by atoms with van der Waals surface area (Å²) in [5, 5.41) is 6.29. The van der Waals surface area contributed by atoms with E-state index in [0.29, 0.717) is 34.0 Å². The number of anilines is 4. The molecule has 3 unspecified atom stereocenters. The highest BCUT2D eigenvalue weighted by atomic mass is 32.2. The molecule has 13 nitrogen and oxygen atoms in total. The largest absolute Gasteiger partial charge is 0.496 e. The van der Waals surface area contributed by atoms with E-state index in [1.54, 1.807) is 37.8 Å². The third kappa shape index (κ3) is 12.2. The minimum Gasteiger partial charge on any atom is -0.496 e. The quantitative estimate of drug-likeness (QED) is 0.0953. The maximum Gasteiger partial charge on any atom is 0.231 e. The van der Waals surface area contributed by atoms with Crippen molar-refractivity contribution in [2.75, 3.05) is 37.4 Å². The van der Waals surface area contributed by atoms with Crippen molar-refractivity contribution >= 4 is 42.7 Å². The van der Waals surface area contributed by atoms with Gasteiger partial charge in [-0.3, -0.25) is 0 Å². The SMILES string of the molecule is COc1cc(F)ccc1-c1nc(CC(C)N=S(C)(=O)Cc2ccnc(Nc3cc(-c4ccc(F)cc4OC)c(F)cn3)c2)nc(Nc2cccc(CS(C)(=O)=NC(C)C)c2)n1. The van der Waals surface area contributed by atoms with Gasteiger partial charge in [-0.1, -0.05) is 12.1 Å². The number of pyridine rings is 2. The summed E-state index contributed by atoms with van der Waals surface area (Å²) in [4.78, 5) is 22.5. The van der Waals surface area contributed by atoms with Gasteiger partial charge in [-0.15, -0.1) is 0 Å². The Bertz CT molecular complexity index is 2810. The molecule has 6 aromatic rings. The van der Waals surface area contributed by atoms with Crippen LogP contribution >= 0.6 is 0 Å². The number of hydrogen-bond acceptors (Lipinski definition) is 13. The van der Waals surface area contributed by atoms with Crippen LogP contribution in [-0.2, 0) is 37.4 Å². The molecule has 0 saturated heterocycles. The highest BCUT2D eigenvalue weighted by Gasteiger charge is 2.18. The van der Waals surface area contributed by atoms with Crippen LogP contribution in [0.1, 0.15) is 37.7 Å². The molecule has 61 heavy (non-hydrogen) atoms. The average molecular weight is 874 g/mol. The number of hydrogen-bond donors (Lipinski definition) is 2. The topological polar surface area (TPSA) is 166 Å². The van der Waals surface area contributed by atoms with Crippen LogP contribution in [0.5, 0.6) is 11.5 Å². The summed E-state index contributed by atoms with van der Waals surface area (Å²) in [7, 11) is -2.51. The molecule has 3 heterocycles. The van der Waals surface area contributed by atoms with Crippen LogP contribution in [0.2, 0.25) is 0 Å². The lowest BCUT2D eigenvalue weighted by Crippen LogP contribution is -2.14. The second-order valence-electron chi connectivity index (χ2n) is 14.7. The maximum absolute atomic E-state index is 14.9. The van der Waals surface area contributed by atoms with Gasteiger partial charge in [-0.05, 0) is 86.5 Å². The first-order valence-electron chi connectivity index (χ1n) is 19.0. The summed E-state index contributed by atoms with van der Waals surface area (Å²) in [5.74, 6) is 0.449. The van der Waals surface area contributed by atoms with E-state index in [2.05, 4.69) is 44.3 Å². The Morgan fingerprint density at radius 3 is 2.02 bits per heavy atom. The highest BCUT2D eigenvalue weighted by molar-refractivity contribution is 7.92. The van der Waals surface area contributed by atoms with E-state index in [4.69, 9.17) is 9.47 Å².